The van der Waals surface area contributed by atoms with Crippen LogP contribution in [0.1, 0.15) is 13.3 Å². The number of nitrogens with one attached hydrogen (secondary N) is 1. The first-order valence-corrected chi connectivity index (χ1v) is 9.17. The van der Waals surface area contributed by atoms with Gasteiger partial charge < -0.3 is 5.32 Å². The summed E-state index contributed by atoms with van der Waals surface area (Å²) < 4.78 is 28.5. The summed E-state index contributed by atoms with van der Waals surface area (Å²) in [6.07, 6.45) is 0.809. The molecule has 0 atom stereocenters. The first-order chi connectivity index (χ1) is 8.96. The van der Waals surface area contributed by atoms with Crippen molar-refractivity contribution < 1.29 is 8.42 Å². The third kappa shape index (κ3) is 3.21. The van der Waals surface area contributed by atoms with Crippen molar-refractivity contribution in [3.05, 3.63) is 27.1 Å². The predicted molar refractivity (Wildman–Crippen MR) is 82.7 cm³/mol. The molecule has 0 aromatic heterocycles. The summed E-state index contributed by atoms with van der Waals surface area (Å²) in [5.41, 5.74) is 0. The number of nitrogens with zero attached hydrogens (tertiary/aromatic N) is 1. The quantitative estimate of drug-likeness (QED) is 0.809. The minimum atomic E-state index is -3.45. The van der Waals surface area contributed by atoms with Crippen LogP contribution in [0, 0.1) is 0 Å². The summed E-state index contributed by atoms with van der Waals surface area (Å²) in [5, 5.41) is 3.12. The van der Waals surface area contributed by atoms with Gasteiger partial charge in [0.2, 0.25) is 10.0 Å². The lowest BCUT2D eigenvalue weighted by Gasteiger charge is -2.37. The van der Waals surface area contributed by atoms with Gasteiger partial charge in [-0.3, -0.25) is 0 Å². The van der Waals surface area contributed by atoms with E-state index in [1.54, 1.807) is 22.5 Å². The van der Waals surface area contributed by atoms with E-state index < -0.39 is 10.0 Å². The molecule has 0 spiro atoms. The lowest BCUT2D eigenvalue weighted by Crippen LogP contribution is -2.58. The van der Waals surface area contributed by atoms with Crippen molar-refractivity contribution in [2.24, 2.45) is 0 Å². The molecule has 0 bridgehead atoms. The van der Waals surface area contributed by atoms with Crippen molar-refractivity contribution in [1.82, 2.24) is 9.62 Å². The monoisotopic (exact) mass is 410 g/mol. The molecule has 0 aliphatic carbocycles. The van der Waals surface area contributed by atoms with Crippen LogP contribution >= 0.6 is 31.9 Å². The molecule has 7 heteroatoms. The van der Waals surface area contributed by atoms with E-state index in [0.717, 1.165) is 24.0 Å². The molecule has 0 amide bonds. The van der Waals surface area contributed by atoms with Crippen molar-refractivity contribution in [2.75, 3.05) is 19.6 Å². The average Bonchev–Trinajstić information content (AvgIpc) is 2.25. The third-order valence-corrected chi connectivity index (χ3v) is 6.51. The molecular weight excluding hydrogens is 396 g/mol. The number of hydrogen-bond acceptors (Lipinski definition) is 3. The maximum absolute atomic E-state index is 12.7. The second kappa shape index (κ2) is 6.22. The second-order valence-corrected chi connectivity index (χ2v) is 8.13. The standard InChI is InChI=1S/C12H16Br2N2O2S/c1-2-5-16(10-7-15-8-10)19(17,18)12-4-3-9(13)6-11(12)14/h3-4,6,10,15H,2,5,7-8H2,1H3. The topological polar surface area (TPSA) is 49.4 Å². The highest BCUT2D eigenvalue weighted by molar-refractivity contribution is 9.11. The largest absolute Gasteiger partial charge is 0.313 e. The highest BCUT2D eigenvalue weighted by Crippen LogP contribution is 2.29. The van der Waals surface area contributed by atoms with Crippen molar-refractivity contribution in [2.45, 2.75) is 24.3 Å². The van der Waals surface area contributed by atoms with Gasteiger partial charge in [0.1, 0.15) is 0 Å². The van der Waals surface area contributed by atoms with Gasteiger partial charge in [0.15, 0.2) is 0 Å². The number of rotatable bonds is 5. The normalized spacial score (nSPS) is 16.6. The molecule has 1 heterocycles. The molecule has 0 saturated carbocycles. The van der Waals surface area contributed by atoms with Crippen LogP contribution in [-0.4, -0.2) is 38.4 Å². The number of benzene rings is 1. The van der Waals surface area contributed by atoms with E-state index in [9.17, 15) is 8.42 Å². The van der Waals surface area contributed by atoms with Crippen LogP contribution in [0.2, 0.25) is 0 Å². The molecule has 0 radical (unpaired) electrons. The van der Waals surface area contributed by atoms with Crippen LogP contribution in [-0.2, 0) is 10.0 Å². The number of sulfonamides is 1. The van der Waals surface area contributed by atoms with Crippen LogP contribution in [0.4, 0.5) is 0 Å². The van der Waals surface area contributed by atoms with E-state index in [0.29, 0.717) is 15.9 Å². The Bertz CT molecular complexity index is 559. The molecule has 19 heavy (non-hydrogen) atoms. The molecule has 1 saturated heterocycles. The van der Waals surface area contributed by atoms with E-state index in [4.69, 9.17) is 0 Å². The number of halogens is 2. The van der Waals surface area contributed by atoms with Crippen molar-refractivity contribution in [3.8, 4) is 0 Å². The molecule has 4 nitrogen and oxygen atoms in total. The van der Waals surface area contributed by atoms with Crippen LogP contribution in [0.15, 0.2) is 32.0 Å². The maximum atomic E-state index is 12.7. The molecule has 1 aliphatic rings. The van der Waals surface area contributed by atoms with Gasteiger partial charge in [-0.15, -0.1) is 0 Å². The Morgan fingerprint density at radius 2 is 2.05 bits per heavy atom. The summed E-state index contributed by atoms with van der Waals surface area (Å²) in [6.45, 7) is 4.00. The van der Waals surface area contributed by atoms with Gasteiger partial charge in [-0.25, -0.2) is 8.42 Å². The van der Waals surface area contributed by atoms with Crippen LogP contribution in [0.5, 0.6) is 0 Å². The first-order valence-electron chi connectivity index (χ1n) is 6.14. The zero-order chi connectivity index (χ0) is 14.0. The molecular formula is C12H16Br2N2O2S. The second-order valence-electron chi connectivity index (χ2n) is 4.50. The Morgan fingerprint density at radius 3 is 2.53 bits per heavy atom. The highest BCUT2D eigenvalue weighted by Gasteiger charge is 2.35. The Hall–Kier alpha value is 0.0500. The Kier molecular flexibility index (Phi) is 5.05. The Labute approximate surface area is 130 Å². The molecule has 1 fully saturated rings. The molecule has 1 aliphatic heterocycles. The van der Waals surface area contributed by atoms with Gasteiger partial charge in [0.05, 0.1) is 10.9 Å². The van der Waals surface area contributed by atoms with Crippen LogP contribution in [0.3, 0.4) is 0 Å². The van der Waals surface area contributed by atoms with Gasteiger partial charge in [-0.2, -0.15) is 4.31 Å². The third-order valence-electron chi connectivity index (χ3n) is 3.09. The molecule has 1 aromatic carbocycles. The average molecular weight is 412 g/mol. The van der Waals surface area contributed by atoms with Gasteiger partial charge in [0.25, 0.3) is 0 Å². The minimum Gasteiger partial charge on any atom is -0.313 e. The lowest BCUT2D eigenvalue weighted by atomic mass is 10.2. The SMILES string of the molecule is CCCN(C1CNC1)S(=O)(=O)c1ccc(Br)cc1Br. The lowest BCUT2D eigenvalue weighted by molar-refractivity contribution is 0.241. The first kappa shape index (κ1) is 15.4. The highest BCUT2D eigenvalue weighted by atomic mass is 79.9. The van der Waals surface area contributed by atoms with E-state index in [-0.39, 0.29) is 6.04 Å². The van der Waals surface area contributed by atoms with Crippen molar-refractivity contribution in [1.29, 1.82) is 0 Å². The zero-order valence-electron chi connectivity index (χ0n) is 10.6. The van der Waals surface area contributed by atoms with E-state index in [1.165, 1.54) is 0 Å². The van der Waals surface area contributed by atoms with E-state index in [1.807, 2.05) is 6.92 Å². The van der Waals surface area contributed by atoms with Crippen LogP contribution in [0.25, 0.3) is 0 Å². The fourth-order valence-electron chi connectivity index (χ4n) is 2.01. The molecule has 1 N–H and O–H groups in total. The van der Waals surface area contributed by atoms with Crippen molar-refractivity contribution in [3.63, 3.8) is 0 Å². The van der Waals surface area contributed by atoms with Gasteiger partial charge >= 0.3 is 0 Å². The van der Waals surface area contributed by atoms with E-state index >= 15 is 0 Å². The maximum Gasteiger partial charge on any atom is 0.244 e. The summed E-state index contributed by atoms with van der Waals surface area (Å²) >= 11 is 6.68. The summed E-state index contributed by atoms with van der Waals surface area (Å²) in [5.74, 6) is 0. The predicted octanol–water partition coefficient (Wildman–Crippen LogP) is 2.58. The fourth-order valence-corrected chi connectivity index (χ4v) is 5.43. The molecule has 106 valence electrons. The Balaban J connectivity index is 2.38. The minimum absolute atomic E-state index is 0.0699. The molecule has 2 rings (SSSR count). The van der Waals surface area contributed by atoms with Gasteiger partial charge in [-0.05, 0) is 40.5 Å². The summed E-state index contributed by atoms with van der Waals surface area (Å²) in [4.78, 5) is 0.330. The van der Waals surface area contributed by atoms with Crippen molar-refractivity contribution >= 4 is 41.9 Å². The van der Waals surface area contributed by atoms with Crippen LogP contribution < -0.4 is 5.32 Å². The zero-order valence-corrected chi connectivity index (χ0v) is 14.6. The molecule has 1 aromatic rings. The smallest absolute Gasteiger partial charge is 0.244 e. The summed E-state index contributed by atoms with van der Waals surface area (Å²) in [7, 11) is -3.45. The summed E-state index contributed by atoms with van der Waals surface area (Å²) in [6, 6.07) is 5.22. The van der Waals surface area contributed by atoms with Gasteiger partial charge in [-0.1, -0.05) is 22.9 Å². The molecule has 0 unspecified atom stereocenters. The van der Waals surface area contributed by atoms with Gasteiger partial charge in [0, 0.05) is 28.6 Å². The van der Waals surface area contributed by atoms with E-state index in [2.05, 4.69) is 37.2 Å². The Morgan fingerprint density at radius 1 is 1.37 bits per heavy atom. The number of hydrogen-bond donors (Lipinski definition) is 1. The fraction of sp³-hybridized carbons (Fsp3) is 0.500.